The van der Waals surface area contributed by atoms with Crippen LogP contribution in [-0.4, -0.2) is 52.0 Å². The summed E-state index contributed by atoms with van der Waals surface area (Å²) in [4.78, 5) is 13.8. The summed E-state index contributed by atoms with van der Waals surface area (Å²) in [5.41, 5.74) is -2.28. The zero-order valence-electron chi connectivity index (χ0n) is 13.6. The summed E-state index contributed by atoms with van der Waals surface area (Å²) in [6.45, 7) is 1.19. The highest BCUT2D eigenvalue weighted by molar-refractivity contribution is 5.93. The van der Waals surface area contributed by atoms with Gasteiger partial charge in [0.2, 0.25) is 0 Å². The van der Waals surface area contributed by atoms with Crippen molar-refractivity contribution < 1.29 is 22.4 Å². The maximum absolute atomic E-state index is 13.6. The summed E-state index contributed by atoms with van der Waals surface area (Å²) < 4.78 is 54.5. The molecule has 1 aliphatic rings. The van der Waals surface area contributed by atoms with Crippen LogP contribution in [0.25, 0.3) is 5.69 Å². The van der Waals surface area contributed by atoms with Gasteiger partial charge in [-0.1, -0.05) is 11.3 Å². The lowest BCUT2D eigenvalue weighted by atomic mass is 10.2. The van der Waals surface area contributed by atoms with Crippen molar-refractivity contribution in [1.29, 1.82) is 0 Å². The normalized spacial score (nSPS) is 17.0. The number of halogens is 5. The molecule has 1 aromatic carbocycles. The molecule has 0 saturated carbocycles. The Bertz CT molecular complexity index is 789. The average molecular weight is 394 g/mol. The van der Waals surface area contributed by atoms with Gasteiger partial charge in [0, 0.05) is 19.6 Å². The van der Waals surface area contributed by atoms with E-state index in [-0.39, 0.29) is 24.1 Å². The third-order valence-corrected chi connectivity index (χ3v) is 4.10. The first kappa shape index (κ1) is 20.1. The van der Waals surface area contributed by atoms with Crippen molar-refractivity contribution in [3.8, 4) is 5.69 Å². The van der Waals surface area contributed by atoms with E-state index >= 15 is 0 Å². The van der Waals surface area contributed by atoms with Gasteiger partial charge >= 0.3 is 6.18 Å². The van der Waals surface area contributed by atoms with Gasteiger partial charge in [-0.3, -0.25) is 4.79 Å². The van der Waals surface area contributed by atoms with Crippen LogP contribution in [0.15, 0.2) is 24.3 Å². The average Bonchev–Trinajstić information content (AvgIpc) is 3.22. The summed E-state index contributed by atoms with van der Waals surface area (Å²) in [5, 5.41) is 9.92. The number of carbonyl (C=O) groups excluding carboxylic acids is 1. The quantitative estimate of drug-likeness (QED) is 0.813. The van der Waals surface area contributed by atoms with E-state index in [1.165, 1.54) is 24.1 Å². The molecule has 26 heavy (non-hydrogen) atoms. The van der Waals surface area contributed by atoms with E-state index in [9.17, 15) is 22.4 Å². The van der Waals surface area contributed by atoms with E-state index in [0.29, 0.717) is 24.2 Å². The second-order valence-electron chi connectivity index (χ2n) is 5.74. The molecule has 0 aliphatic carbocycles. The molecule has 3 rings (SSSR count). The van der Waals surface area contributed by atoms with Crippen LogP contribution in [0.3, 0.4) is 0 Å². The first-order valence-electron chi connectivity index (χ1n) is 7.55. The van der Waals surface area contributed by atoms with Gasteiger partial charge in [0.05, 0.1) is 5.69 Å². The van der Waals surface area contributed by atoms with Crippen LogP contribution in [0, 0.1) is 5.82 Å². The smallest absolute Gasteiger partial charge is 0.336 e. The van der Waals surface area contributed by atoms with Crippen LogP contribution in [0.4, 0.5) is 17.6 Å². The number of likely N-dealkylation sites (N-methyl/N-ethyl adjacent to an activating group) is 1. The van der Waals surface area contributed by atoms with Gasteiger partial charge in [0.25, 0.3) is 5.91 Å². The van der Waals surface area contributed by atoms with Crippen LogP contribution in [0.2, 0.25) is 0 Å². The molecule has 6 nitrogen and oxygen atoms in total. The summed E-state index contributed by atoms with van der Waals surface area (Å²) in [5.74, 6) is -1.59. The van der Waals surface area contributed by atoms with Crippen molar-refractivity contribution in [2.24, 2.45) is 0 Å². The largest absolute Gasteiger partial charge is 0.435 e. The van der Waals surface area contributed by atoms with Crippen LogP contribution < -0.4 is 5.32 Å². The molecule has 1 unspecified atom stereocenters. The number of hydrogen-bond donors (Lipinski definition) is 1. The summed E-state index contributed by atoms with van der Waals surface area (Å²) in [6, 6.07) is 4.28. The van der Waals surface area contributed by atoms with Crippen molar-refractivity contribution in [3.63, 3.8) is 0 Å². The van der Waals surface area contributed by atoms with Crippen LogP contribution in [0.1, 0.15) is 22.6 Å². The minimum Gasteiger partial charge on any atom is -0.336 e. The maximum atomic E-state index is 13.6. The molecule has 0 radical (unpaired) electrons. The lowest BCUT2D eigenvalue weighted by Gasteiger charge is -2.23. The monoisotopic (exact) mass is 393 g/mol. The van der Waals surface area contributed by atoms with E-state index in [1.807, 2.05) is 0 Å². The maximum Gasteiger partial charge on any atom is 0.435 e. The van der Waals surface area contributed by atoms with Crippen molar-refractivity contribution in [2.45, 2.75) is 18.6 Å². The van der Waals surface area contributed by atoms with E-state index in [2.05, 4.69) is 15.6 Å². The minimum absolute atomic E-state index is 0. The SMILES string of the molecule is CN(C(=O)c1nnn(-c2cccc(F)c2)c1C(F)(F)F)C1CCNC1.Cl. The van der Waals surface area contributed by atoms with Crippen molar-refractivity contribution in [2.75, 3.05) is 20.1 Å². The molecule has 1 atom stereocenters. The summed E-state index contributed by atoms with van der Waals surface area (Å²) in [6.07, 6.45) is -4.24. The number of nitrogens with one attached hydrogen (secondary N) is 1. The fraction of sp³-hybridized carbons (Fsp3) is 0.400. The van der Waals surface area contributed by atoms with Gasteiger partial charge in [-0.2, -0.15) is 13.2 Å². The van der Waals surface area contributed by atoms with Gasteiger partial charge in [0.15, 0.2) is 11.4 Å². The van der Waals surface area contributed by atoms with Gasteiger partial charge in [-0.05, 0) is 31.2 Å². The van der Waals surface area contributed by atoms with E-state index in [1.54, 1.807) is 0 Å². The first-order valence-corrected chi connectivity index (χ1v) is 7.55. The fourth-order valence-corrected chi connectivity index (χ4v) is 2.77. The second kappa shape index (κ2) is 7.58. The molecule has 11 heteroatoms. The van der Waals surface area contributed by atoms with E-state index < -0.39 is 29.3 Å². The Morgan fingerprint density at radius 3 is 2.69 bits per heavy atom. The number of carbonyl (C=O) groups is 1. The Morgan fingerprint density at radius 2 is 2.12 bits per heavy atom. The van der Waals surface area contributed by atoms with Gasteiger partial charge < -0.3 is 10.2 Å². The number of nitrogens with zero attached hydrogens (tertiary/aromatic N) is 4. The van der Waals surface area contributed by atoms with Crippen LogP contribution in [0.5, 0.6) is 0 Å². The molecule has 2 heterocycles. The number of benzene rings is 1. The molecule has 1 N–H and O–H groups in total. The molecule has 2 aromatic rings. The Kier molecular flexibility index (Phi) is 5.87. The zero-order chi connectivity index (χ0) is 18.2. The number of amides is 1. The zero-order valence-corrected chi connectivity index (χ0v) is 14.4. The van der Waals surface area contributed by atoms with Crippen molar-refractivity contribution in [1.82, 2.24) is 25.2 Å². The van der Waals surface area contributed by atoms with E-state index in [4.69, 9.17) is 0 Å². The summed E-state index contributed by atoms with van der Waals surface area (Å²) in [7, 11) is 1.43. The molecule has 1 saturated heterocycles. The van der Waals surface area contributed by atoms with Gasteiger partial charge in [-0.25, -0.2) is 9.07 Å². The Hall–Kier alpha value is -2.20. The number of aromatic nitrogens is 3. The highest BCUT2D eigenvalue weighted by Gasteiger charge is 2.43. The minimum atomic E-state index is -4.88. The number of rotatable bonds is 3. The molecule has 1 amide bonds. The number of alkyl halides is 3. The van der Waals surface area contributed by atoms with Crippen molar-refractivity contribution >= 4 is 18.3 Å². The lowest BCUT2D eigenvalue weighted by Crippen LogP contribution is -2.39. The molecule has 1 aromatic heterocycles. The van der Waals surface area contributed by atoms with E-state index in [0.717, 1.165) is 12.1 Å². The fourth-order valence-electron chi connectivity index (χ4n) is 2.77. The van der Waals surface area contributed by atoms with Gasteiger partial charge in [-0.15, -0.1) is 17.5 Å². The highest BCUT2D eigenvalue weighted by Crippen LogP contribution is 2.33. The Labute approximate surface area is 152 Å². The van der Waals surface area contributed by atoms with Crippen molar-refractivity contribution in [3.05, 3.63) is 41.5 Å². The highest BCUT2D eigenvalue weighted by atomic mass is 35.5. The Balaban J connectivity index is 0.00000243. The lowest BCUT2D eigenvalue weighted by molar-refractivity contribution is -0.143. The molecule has 1 aliphatic heterocycles. The van der Waals surface area contributed by atoms with Crippen LogP contribution in [-0.2, 0) is 6.18 Å². The second-order valence-corrected chi connectivity index (χ2v) is 5.74. The summed E-state index contributed by atoms with van der Waals surface area (Å²) >= 11 is 0. The van der Waals surface area contributed by atoms with Crippen LogP contribution >= 0.6 is 12.4 Å². The van der Waals surface area contributed by atoms with Gasteiger partial charge in [0.1, 0.15) is 5.82 Å². The first-order chi connectivity index (χ1) is 11.8. The predicted molar refractivity (Wildman–Crippen MR) is 86.9 cm³/mol. The third-order valence-electron chi connectivity index (χ3n) is 4.10. The topological polar surface area (TPSA) is 63.1 Å². The molecule has 0 spiro atoms. The molecule has 142 valence electrons. The molecule has 0 bridgehead atoms. The Morgan fingerprint density at radius 1 is 1.38 bits per heavy atom. The number of hydrogen-bond acceptors (Lipinski definition) is 4. The predicted octanol–water partition coefficient (Wildman–Crippen LogP) is 2.28. The molecular weight excluding hydrogens is 378 g/mol. The molecule has 1 fully saturated rings. The molecular formula is C15H16ClF4N5O. The standard InChI is InChI=1S/C15H15F4N5O.ClH/c1-23(11-5-6-20-8-11)14(25)12-13(15(17,18)19)24(22-21-12)10-4-2-3-9(16)7-10;/h2-4,7,11,20H,5-6,8H2,1H3;1H. The third kappa shape index (κ3) is 3.80.